The molecule has 1 nitrogen and oxygen atoms in total. The van der Waals surface area contributed by atoms with Crippen LogP contribution in [0.1, 0.15) is 0 Å². The summed E-state index contributed by atoms with van der Waals surface area (Å²) in [7, 11) is -3.08. The first-order chi connectivity index (χ1) is 4.61. The molecule has 56 valence electrons. The summed E-state index contributed by atoms with van der Waals surface area (Å²) in [6.45, 7) is 0. The molecule has 0 aromatic carbocycles. The van der Waals surface area contributed by atoms with Crippen molar-refractivity contribution in [1.29, 1.82) is 0 Å². The molecule has 0 spiro atoms. The standard InChI is InChI=1S/C5H5F3OSi/c6-5(7,8)10-4-2-1-3-9-10/h1-4,10H. The maximum atomic E-state index is 11.8. The summed E-state index contributed by atoms with van der Waals surface area (Å²) < 4.78 is 39.8. The number of alkyl halides is 3. The molecular weight excluding hydrogens is 161 g/mol. The second-order valence-corrected chi connectivity index (χ2v) is 3.96. The highest BCUT2D eigenvalue weighted by Gasteiger charge is 2.42. The predicted molar refractivity (Wildman–Crippen MR) is 32.6 cm³/mol. The van der Waals surface area contributed by atoms with E-state index in [4.69, 9.17) is 0 Å². The van der Waals surface area contributed by atoms with Gasteiger partial charge in [0.1, 0.15) is 0 Å². The first kappa shape index (κ1) is 7.39. The summed E-state index contributed by atoms with van der Waals surface area (Å²) in [5, 5.41) is 0. The summed E-state index contributed by atoms with van der Waals surface area (Å²) in [4.78, 5) is 0. The summed E-state index contributed by atoms with van der Waals surface area (Å²) in [6.07, 6.45) is 3.90. The zero-order valence-corrected chi connectivity index (χ0v) is 6.08. The lowest BCUT2D eigenvalue weighted by Crippen LogP contribution is -2.34. The van der Waals surface area contributed by atoms with E-state index in [-0.39, 0.29) is 0 Å². The van der Waals surface area contributed by atoms with E-state index in [1.807, 2.05) is 0 Å². The van der Waals surface area contributed by atoms with Gasteiger partial charge in [-0.05, 0) is 6.08 Å². The van der Waals surface area contributed by atoms with Gasteiger partial charge in [0.2, 0.25) is 0 Å². The van der Waals surface area contributed by atoms with Gasteiger partial charge in [-0.15, -0.1) is 0 Å². The minimum absolute atomic E-state index is 1.09. The van der Waals surface area contributed by atoms with Crippen LogP contribution >= 0.6 is 0 Å². The second kappa shape index (κ2) is 2.49. The van der Waals surface area contributed by atoms with E-state index in [0.717, 1.165) is 12.0 Å². The number of hydrogen-bond donors (Lipinski definition) is 0. The van der Waals surface area contributed by atoms with Crippen LogP contribution in [-0.2, 0) is 4.43 Å². The number of halogens is 3. The van der Waals surface area contributed by atoms with Gasteiger partial charge in [0, 0.05) is 0 Å². The molecule has 1 unspecified atom stereocenters. The van der Waals surface area contributed by atoms with Crippen LogP contribution in [0.2, 0.25) is 0 Å². The van der Waals surface area contributed by atoms with Gasteiger partial charge in [-0.25, -0.2) is 0 Å². The Labute approximate surface area is 57.5 Å². The molecule has 0 fully saturated rings. The number of allylic oxidation sites excluding steroid dienone is 2. The first-order valence-corrected chi connectivity index (χ1v) is 4.38. The van der Waals surface area contributed by atoms with Crippen molar-refractivity contribution in [1.82, 2.24) is 0 Å². The van der Waals surface area contributed by atoms with E-state index in [1.54, 1.807) is 0 Å². The maximum Gasteiger partial charge on any atom is 0.402 e. The van der Waals surface area contributed by atoms with Gasteiger partial charge in [0.05, 0.1) is 6.26 Å². The first-order valence-electron chi connectivity index (χ1n) is 2.66. The van der Waals surface area contributed by atoms with Gasteiger partial charge in [-0.1, -0.05) is 11.8 Å². The molecule has 5 heteroatoms. The summed E-state index contributed by atoms with van der Waals surface area (Å²) in [5.41, 5.74) is 1.10. The molecule has 0 aromatic rings. The smallest absolute Gasteiger partial charge is 0.402 e. The molecule has 1 atom stereocenters. The Morgan fingerprint density at radius 3 is 2.20 bits per heavy atom. The molecule has 0 aliphatic carbocycles. The molecule has 1 heterocycles. The molecule has 0 saturated carbocycles. The van der Waals surface area contributed by atoms with Crippen molar-refractivity contribution in [3.05, 3.63) is 24.1 Å². The molecule has 0 bridgehead atoms. The lowest BCUT2D eigenvalue weighted by Gasteiger charge is -2.15. The highest BCUT2D eigenvalue weighted by Crippen LogP contribution is 2.21. The van der Waals surface area contributed by atoms with E-state index in [0.29, 0.717) is 0 Å². The zero-order valence-electron chi connectivity index (χ0n) is 4.93. The largest absolute Gasteiger partial charge is 0.539 e. The van der Waals surface area contributed by atoms with Crippen LogP contribution in [0.5, 0.6) is 0 Å². The SMILES string of the molecule is FC(F)(F)[SiH]1C=CC=CO1. The van der Waals surface area contributed by atoms with Crippen LogP contribution in [0.3, 0.4) is 0 Å². The summed E-state index contributed by atoms with van der Waals surface area (Å²) >= 11 is 0. The molecular formula is C5H5F3OSi. The van der Waals surface area contributed by atoms with Gasteiger partial charge in [0.15, 0.2) is 0 Å². The Hall–Kier alpha value is -0.713. The van der Waals surface area contributed by atoms with Gasteiger partial charge in [0.25, 0.3) is 0 Å². The lowest BCUT2D eigenvalue weighted by atomic mass is 10.6. The van der Waals surface area contributed by atoms with Crippen molar-refractivity contribution in [2.45, 2.75) is 5.80 Å². The topological polar surface area (TPSA) is 9.23 Å². The van der Waals surface area contributed by atoms with Crippen molar-refractivity contribution < 1.29 is 17.6 Å². The Bertz CT molecular complexity index is 172. The fraction of sp³-hybridized carbons (Fsp3) is 0.200. The van der Waals surface area contributed by atoms with E-state index in [2.05, 4.69) is 4.43 Å². The Morgan fingerprint density at radius 1 is 1.20 bits per heavy atom. The quantitative estimate of drug-likeness (QED) is 0.495. The maximum absolute atomic E-state index is 11.8. The molecule has 0 N–H and O–H groups in total. The minimum atomic E-state index is -4.15. The molecule has 0 aromatic heterocycles. The average Bonchev–Trinajstić information content (AvgIpc) is 1.88. The van der Waals surface area contributed by atoms with E-state index >= 15 is 0 Å². The highest BCUT2D eigenvalue weighted by atomic mass is 28.3. The molecule has 0 amide bonds. The molecule has 0 radical (unpaired) electrons. The van der Waals surface area contributed by atoms with Gasteiger partial charge >= 0.3 is 14.8 Å². The van der Waals surface area contributed by atoms with Crippen LogP contribution in [0.25, 0.3) is 0 Å². The molecule has 1 rings (SSSR count). The summed E-state index contributed by atoms with van der Waals surface area (Å²) in [5.74, 6) is -4.15. The minimum Gasteiger partial charge on any atom is -0.539 e. The molecule has 10 heavy (non-hydrogen) atoms. The monoisotopic (exact) mass is 166 g/mol. The fourth-order valence-corrected chi connectivity index (χ4v) is 1.63. The highest BCUT2D eigenvalue weighted by molar-refractivity contribution is 6.60. The summed E-state index contributed by atoms with van der Waals surface area (Å²) in [6, 6.07) is 0. The van der Waals surface area contributed by atoms with Gasteiger partial charge < -0.3 is 4.43 Å². The van der Waals surface area contributed by atoms with Crippen LogP contribution in [0, 0.1) is 0 Å². The van der Waals surface area contributed by atoms with Crippen molar-refractivity contribution in [3.8, 4) is 0 Å². The van der Waals surface area contributed by atoms with Crippen LogP contribution in [0.4, 0.5) is 13.2 Å². The van der Waals surface area contributed by atoms with Crippen molar-refractivity contribution in [2.24, 2.45) is 0 Å². The molecule has 0 saturated heterocycles. The van der Waals surface area contributed by atoms with E-state index in [9.17, 15) is 13.2 Å². The second-order valence-electron chi connectivity index (χ2n) is 1.81. The average molecular weight is 166 g/mol. The van der Waals surface area contributed by atoms with Crippen molar-refractivity contribution in [3.63, 3.8) is 0 Å². The van der Waals surface area contributed by atoms with Gasteiger partial charge in [-0.3, -0.25) is 0 Å². The number of rotatable bonds is 0. The fourth-order valence-electron chi connectivity index (χ4n) is 0.572. The predicted octanol–water partition coefficient (Wildman–Crippen LogP) is 1.45. The van der Waals surface area contributed by atoms with Crippen LogP contribution < -0.4 is 0 Å². The normalized spacial score (nSPS) is 24.5. The molecule has 1 aliphatic rings. The van der Waals surface area contributed by atoms with E-state index < -0.39 is 14.8 Å². The third kappa shape index (κ3) is 1.63. The zero-order chi connectivity index (χ0) is 7.61. The third-order valence-corrected chi connectivity index (χ3v) is 2.69. The van der Waals surface area contributed by atoms with Crippen molar-refractivity contribution in [2.75, 3.05) is 0 Å². The van der Waals surface area contributed by atoms with Crippen LogP contribution in [0.15, 0.2) is 24.1 Å². The Balaban J connectivity index is 2.60. The van der Waals surface area contributed by atoms with Gasteiger partial charge in [-0.2, -0.15) is 13.2 Å². The Morgan fingerprint density at radius 2 is 1.90 bits per heavy atom. The Kier molecular flexibility index (Phi) is 1.84. The third-order valence-electron chi connectivity index (χ3n) is 1.02. The number of hydrogen-bond acceptors (Lipinski definition) is 1. The van der Waals surface area contributed by atoms with Crippen LogP contribution in [-0.4, -0.2) is 14.8 Å². The lowest BCUT2D eigenvalue weighted by molar-refractivity contribution is -0.0609. The van der Waals surface area contributed by atoms with E-state index in [1.165, 1.54) is 12.2 Å². The molecule has 1 aliphatic heterocycles. The van der Waals surface area contributed by atoms with Crippen molar-refractivity contribution >= 4 is 9.04 Å².